The van der Waals surface area contributed by atoms with E-state index in [1.165, 1.54) is 23.0 Å². The quantitative estimate of drug-likeness (QED) is 0.791. The van der Waals surface area contributed by atoms with Crippen LogP contribution < -0.4 is 0 Å². The summed E-state index contributed by atoms with van der Waals surface area (Å²) in [6.45, 7) is 3.95. The standard InChI is InChI=1S/C17H19ClFN5O3/c1-2-27-17(26)23-7-5-22(6-8-23)16(25)15-11-24(21-20-15)10-12-3-4-13(19)9-14(12)18/h3-4,9,11H,2,5-8,10H2,1H3. The summed E-state index contributed by atoms with van der Waals surface area (Å²) in [4.78, 5) is 27.5. The Balaban J connectivity index is 1.60. The molecule has 2 amide bonds. The summed E-state index contributed by atoms with van der Waals surface area (Å²) >= 11 is 6.01. The molecule has 0 radical (unpaired) electrons. The topological polar surface area (TPSA) is 80.6 Å². The van der Waals surface area contributed by atoms with Crippen LogP contribution in [0.1, 0.15) is 23.0 Å². The number of hydrogen-bond acceptors (Lipinski definition) is 5. The van der Waals surface area contributed by atoms with E-state index in [1.54, 1.807) is 22.8 Å². The van der Waals surface area contributed by atoms with Gasteiger partial charge in [-0.15, -0.1) is 5.10 Å². The summed E-state index contributed by atoms with van der Waals surface area (Å²) in [5, 5.41) is 8.14. The molecule has 27 heavy (non-hydrogen) atoms. The first kappa shape index (κ1) is 19.1. The van der Waals surface area contributed by atoms with Crippen molar-refractivity contribution in [2.75, 3.05) is 32.8 Å². The zero-order valence-corrected chi connectivity index (χ0v) is 15.5. The molecule has 3 rings (SSSR count). The predicted octanol–water partition coefficient (Wildman–Crippen LogP) is 2.03. The SMILES string of the molecule is CCOC(=O)N1CCN(C(=O)c2cn(Cc3ccc(F)cc3Cl)nn2)CC1. The molecule has 0 atom stereocenters. The number of rotatable bonds is 4. The molecular weight excluding hydrogens is 377 g/mol. The van der Waals surface area contributed by atoms with Crippen LogP contribution in [0.15, 0.2) is 24.4 Å². The Hall–Kier alpha value is -2.68. The van der Waals surface area contributed by atoms with Crippen LogP contribution in [0.5, 0.6) is 0 Å². The van der Waals surface area contributed by atoms with Gasteiger partial charge in [0, 0.05) is 31.2 Å². The lowest BCUT2D eigenvalue weighted by Crippen LogP contribution is -2.50. The van der Waals surface area contributed by atoms with E-state index in [1.807, 2.05) is 0 Å². The largest absolute Gasteiger partial charge is 0.450 e. The number of piperazine rings is 1. The van der Waals surface area contributed by atoms with Crippen LogP contribution in [0.25, 0.3) is 0 Å². The van der Waals surface area contributed by atoms with Crippen LogP contribution in [0.3, 0.4) is 0 Å². The average molecular weight is 396 g/mol. The number of aromatic nitrogens is 3. The molecule has 1 aromatic carbocycles. The van der Waals surface area contributed by atoms with Crippen molar-refractivity contribution < 1.29 is 18.7 Å². The molecule has 0 unspecified atom stereocenters. The molecule has 1 aromatic heterocycles. The number of halogens is 2. The van der Waals surface area contributed by atoms with Gasteiger partial charge in [0.15, 0.2) is 5.69 Å². The number of benzene rings is 1. The third-order valence-electron chi connectivity index (χ3n) is 4.20. The van der Waals surface area contributed by atoms with Crippen molar-refractivity contribution in [2.45, 2.75) is 13.5 Å². The molecule has 0 N–H and O–H groups in total. The number of hydrogen-bond donors (Lipinski definition) is 0. The van der Waals surface area contributed by atoms with Gasteiger partial charge in [-0.3, -0.25) is 4.79 Å². The lowest BCUT2D eigenvalue weighted by molar-refractivity contribution is 0.0566. The third kappa shape index (κ3) is 4.54. The van der Waals surface area contributed by atoms with E-state index in [-0.39, 0.29) is 29.3 Å². The van der Waals surface area contributed by atoms with E-state index in [0.29, 0.717) is 38.3 Å². The van der Waals surface area contributed by atoms with Gasteiger partial charge in [0.1, 0.15) is 5.82 Å². The first-order chi connectivity index (χ1) is 13.0. The Morgan fingerprint density at radius 1 is 1.22 bits per heavy atom. The highest BCUT2D eigenvalue weighted by atomic mass is 35.5. The van der Waals surface area contributed by atoms with Crippen molar-refractivity contribution in [1.29, 1.82) is 0 Å². The Kier molecular flexibility index (Phi) is 5.90. The fourth-order valence-corrected chi connectivity index (χ4v) is 2.99. The number of amides is 2. The molecule has 8 nitrogen and oxygen atoms in total. The Morgan fingerprint density at radius 2 is 1.93 bits per heavy atom. The Morgan fingerprint density at radius 3 is 2.59 bits per heavy atom. The second-order valence-electron chi connectivity index (χ2n) is 6.02. The van der Waals surface area contributed by atoms with Crippen molar-refractivity contribution in [3.05, 3.63) is 46.5 Å². The minimum Gasteiger partial charge on any atom is -0.450 e. The van der Waals surface area contributed by atoms with Crippen LogP contribution in [-0.2, 0) is 11.3 Å². The summed E-state index contributed by atoms with van der Waals surface area (Å²) in [7, 11) is 0. The lowest BCUT2D eigenvalue weighted by Gasteiger charge is -2.33. The van der Waals surface area contributed by atoms with Crippen LogP contribution >= 0.6 is 11.6 Å². The second-order valence-corrected chi connectivity index (χ2v) is 6.42. The smallest absolute Gasteiger partial charge is 0.409 e. The minimum atomic E-state index is -0.417. The third-order valence-corrected chi connectivity index (χ3v) is 4.55. The van der Waals surface area contributed by atoms with Gasteiger partial charge in [-0.2, -0.15) is 0 Å². The van der Waals surface area contributed by atoms with Crippen LogP contribution in [-0.4, -0.2) is 69.6 Å². The Labute approximate surface area is 160 Å². The molecule has 2 aromatic rings. The number of carbonyl (C=O) groups is 2. The van der Waals surface area contributed by atoms with Gasteiger partial charge in [0.2, 0.25) is 0 Å². The maximum atomic E-state index is 13.1. The van der Waals surface area contributed by atoms with E-state index in [0.717, 1.165) is 0 Å². The molecule has 0 spiro atoms. The molecule has 0 bridgehead atoms. The van der Waals surface area contributed by atoms with E-state index in [4.69, 9.17) is 16.3 Å². The van der Waals surface area contributed by atoms with Crippen LogP contribution in [0, 0.1) is 5.82 Å². The van der Waals surface area contributed by atoms with Crippen molar-refractivity contribution in [3.63, 3.8) is 0 Å². The average Bonchev–Trinajstić information content (AvgIpc) is 3.12. The van der Waals surface area contributed by atoms with Crippen molar-refractivity contribution in [3.8, 4) is 0 Å². The molecule has 10 heteroatoms. The first-order valence-corrected chi connectivity index (χ1v) is 8.90. The molecular formula is C17H19ClFN5O3. The fraction of sp³-hybridized carbons (Fsp3) is 0.412. The van der Waals surface area contributed by atoms with Gasteiger partial charge in [-0.1, -0.05) is 22.9 Å². The molecule has 0 aliphatic carbocycles. The van der Waals surface area contributed by atoms with Crippen LogP contribution in [0.2, 0.25) is 5.02 Å². The van der Waals surface area contributed by atoms with E-state index >= 15 is 0 Å². The number of nitrogens with zero attached hydrogens (tertiary/aromatic N) is 5. The zero-order valence-electron chi connectivity index (χ0n) is 14.8. The molecule has 1 saturated heterocycles. The van der Waals surface area contributed by atoms with Crippen LogP contribution in [0.4, 0.5) is 9.18 Å². The van der Waals surface area contributed by atoms with E-state index < -0.39 is 5.82 Å². The summed E-state index contributed by atoms with van der Waals surface area (Å²) in [5.74, 6) is -0.671. The maximum absolute atomic E-state index is 13.1. The summed E-state index contributed by atoms with van der Waals surface area (Å²) in [5.41, 5.74) is 0.878. The highest BCUT2D eigenvalue weighted by Crippen LogP contribution is 2.18. The van der Waals surface area contributed by atoms with Crippen molar-refractivity contribution >= 4 is 23.6 Å². The normalized spacial score (nSPS) is 14.3. The zero-order chi connectivity index (χ0) is 19.4. The predicted molar refractivity (Wildman–Crippen MR) is 95.0 cm³/mol. The minimum absolute atomic E-state index is 0.206. The van der Waals surface area contributed by atoms with E-state index in [9.17, 15) is 14.0 Å². The highest BCUT2D eigenvalue weighted by molar-refractivity contribution is 6.31. The number of carbonyl (C=O) groups excluding carboxylic acids is 2. The monoisotopic (exact) mass is 395 g/mol. The lowest BCUT2D eigenvalue weighted by atomic mass is 10.2. The van der Waals surface area contributed by atoms with Crippen molar-refractivity contribution in [1.82, 2.24) is 24.8 Å². The fourth-order valence-electron chi connectivity index (χ4n) is 2.77. The molecule has 2 heterocycles. The molecule has 1 aliphatic heterocycles. The van der Waals surface area contributed by atoms with Crippen molar-refractivity contribution in [2.24, 2.45) is 0 Å². The molecule has 1 aliphatic rings. The van der Waals surface area contributed by atoms with E-state index in [2.05, 4.69) is 10.3 Å². The molecule has 1 fully saturated rings. The second kappa shape index (κ2) is 8.34. The highest BCUT2D eigenvalue weighted by Gasteiger charge is 2.26. The van der Waals surface area contributed by atoms with Gasteiger partial charge in [0.05, 0.1) is 19.3 Å². The van der Waals surface area contributed by atoms with Gasteiger partial charge in [-0.05, 0) is 24.6 Å². The maximum Gasteiger partial charge on any atom is 0.409 e. The molecule has 144 valence electrons. The molecule has 0 saturated carbocycles. The van der Waals surface area contributed by atoms with Gasteiger partial charge in [-0.25, -0.2) is 13.9 Å². The van der Waals surface area contributed by atoms with Gasteiger partial charge >= 0.3 is 6.09 Å². The summed E-state index contributed by atoms with van der Waals surface area (Å²) < 4.78 is 19.6. The summed E-state index contributed by atoms with van der Waals surface area (Å²) in [6, 6.07) is 4.10. The number of ether oxygens (including phenoxy) is 1. The van der Waals surface area contributed by atoms with Gasteiger partial charge < -0.3 is 14.5 Å². The van der Waals surface area contributed by atoms with Gasteiger partial charge in [0.25, 0.3) is 5.91 Å². The Bertz CT molecular complexity index is 836. The summed E-state index contributed by atoms with van der Waals surface area (Å²) in [6.07, 6.45) is 1.16. The first-order valence-electron chi connectivity index (χ1n) is 8.53.